The fourth-order valence-electron chi connectivity index (χ4n) is 1.50. The van der Waals surface area contributed by atoms with Crippen LogP contribution in [0.4, 0.5) is 19.0 Å². The van der Waals surface area contributed by atoms with Crippen LogP contribution >= 0.6 is 0 Å². The Morgan fingerprint density at radius 3 is 2.67 bits per heavy atom. The van der Waals surface area contributed by atoms with Crippen molar-refractivity contribution in [2.24, 2.45) is 0 Å². The maximum absolute atomic E-state index is 13.2. The summed E-state index contributed by atoms with van der Waals surface area (Å²) < 4.78 is 38.3. The van der Waals surface area contributed by atoms with Gasteiger partial charge in [-0.15, -0.1) is 0 Å². The first kappa shape index (κ1) is 12.3. The molecule has 0 saturated heterocycles. The Hall–Kier alpha value is -2.11. The van der Waals surface area contributed by atoms with Crippen molar-refractivity contribution in [3.8, 4) is 11.3 Å². The van der Waals surface area contributed by atoms with Crippen LogP contribution in [-0.4, -0.2) is 17.0 Å². The molecule has 0 bridgehead atoms. The molecule has 1 aromatic carbocycles. The molecule has 1 aromatic heterocycles. The Bertz CT molecular complexity index is 558. The summed E-state index contributed by atoms with van der Waals surface area (Å²) in [7, 11) is 1.67. The lowest BCUT2D eigenvalue weighted by molar-refractivity contribution is 0.146. The molecule has 1 N–H and O–H groups in total. The first-order valence-electron chi connectivity index (χ1n) is 5.19. The van der Waals surface area contributed by atoms with Gasteiger partial charge in [-0.05, 0) is 18.2 Å². The van der Waals surface area contributed by atoms with E-state index in [1.165, 1.54) is 18.5 Å². The molecule has 0 aliphatic rings. The molecule has 0 saturated carbocycles. The van der Waals surface area contributed by atoms with E-state index in [0.29, 0.717) is 17.1 Å². The number of halogens is 3. The van der Waals surface area contributed by atoms with Crippen molar-refractivity contribution in [2.45, 2.75) is 6.43 Å². The van der Waals surface area contributed by atoms with Gasteiger partial charge < -0.3 is 5.32 Å². The van der Waals surface area contributed by atoms with Gasteiger partial charge in [-0.3, -0.25) is 4.98 Å². The molecule has 94 valence electrons. The van der Waals surface area contributed by atoms with Crippen LogP contribution in [-0.2, 0) is 0 Å². The topological polar surface area (TPSA) is 37.8 Å². The third kappa shape index (κ3) is 2.42. The molecule has 0 fully saturated rings. The molecule has 0 spiro atoms. The summed E-state index contributed by atoms with van der Waals surface area (Å²) in [6.07, 6.45) is 0.0788. The Morgan fingerprint density at radius 2 is 2.00 bits per heavy atom. The second-order valence-corrected chi connectivity index (χ2v) is 3.58. The molecule has 3 nitrogen and oxygen atoms in total. The van der Waals surface area contributed by atoms with Gasteiger partial charge in [-0.2, -0.15) is 0 Å². The third-order valence-electron chi connectivity index (χ3n) is 2.42. The molecule has 2 rings (SSSR count). The first-order chi connectivity index (χ1) is 8.61. The van der Waals surface area contributed by atoms with Crippen LogP contribution in [0.3, 0.4) is 0 Å². The van der Waals surface area contributed by atoms with E-state index < -0.39 is 17.8 Å². The fourth-order valence-corrected chi connectivity index (χ4v) is 1.50. The van der Waals surface area contributed by atoms with Gasteiger partial charge in [-0.25, -0.2) is 18.2 Å². The van der Waals surface area contributed by atoms with E-state index >= 15 is 0 Å². The van der Waals surface area contributed by atoms with Gasteiger partial charge in [0, 0.05) is 12.6 Å². The van der Waals surface area contributed by atoms with Crippen LogP contribution in [0.5, 0.6) is 0 Å². The number of rotatable bonds is 3. The maximum atomic E-state index is 13.2. The highest BCUT2D eigenvalue weighted by atomic mass is 19.3. The van der Waals surface area contributed by atoms with Crippen LogP contribution in [0.2, 0.25) is 0 Å². The number of hydrogen-bond donors (Lipinski definition) is 1. The molecular formula is C12H10F3N3. The molecule has 2 aromatic rings. The molecule has 18 heavy (non-hydrogen) atoms. The van der Waals surface area contributed by atoms with E-state index in [1.807, 2.05) is 0 Å². The first-order valence-corrected chi connectivity index (χ1v) is 5.19. The van der Waals surface area contributed by atoms with Crippen molar-refractivity contribution in [1.29, 1.82) is 0 Å². The minimum atomic E-state index is -2.86. The Morgan fingerprint density at radius 1 is 1.22 bits per heavy atom. The largest absolute Gasteiger partial charge is 0.372 e. The van der Waals surface area contributed by atoms with E-state index in [9.17, 15) is 13.2 Å². The van der Waals surface area contributed by atoms with E-state index in [-0.39, 0.29) is 0 Å². The lowest BCUT2D eigenvalue weighted by Crippen LogP contribution is -1.96. The van der Waals surface area contributed by atoms with E-state index in [1.54, 1.807) is 7.05 Å². The molecule has 0 radical (unpaired) electrons. The Balaban J connectivity index is 2.47. The van der Waals surface area contributed by atoms with Gasteiger partial charge in [0.05, 0.1) is 23.7 Å². The predicted molar refractivity (Wildman–Crippen MR) is 61.9 cm³/mol. The van der Waals surface area contributed by atoms with Gasteiger partial charge in [0.25, 0.3) is 6.43 Å². The van der Waals surface area contributed by atoms with Crippen LogP contribution in [0.25, 0.3) is 11.3 Å². The van der Waals surface area contributed by atoms with Crippen molar-refractivity contribution >= 4 is 5.82 Å². The standard InChI is InChI=1S/C12H10F3N3/c1-16-11-6-17-5-10(18-11)7-2-3-9(13)8(4-7)12(14)15/h2-6,12H,1H3,(H,16,18). The molecule has 0 aliphatic carbocycles. The minimum Gasteiger partial charge on any atom is -0.372 e. The van der Waals surface area contributed by atoms with Crippen LogP contribution in [0, 0.1) is 5.82 Å². The number of nitrogens with one attached hydrogen (secondary N) is 1. The van der Waals surface area contributed by atoms with Gasteiger partial charge in [0.1, 0.15) is 11.6 Å². The average Bonchev–Trinajstić information content (AvgIpc) is 2.39. The summed E-state index contributed by atoms with van der Waals surface area (Å²) in [6.45, 7) is 0. The number of aromatic nitrogens is 2. The van der Waals surface area contributed by atoms with Crippen LogP contribution in [0.1, 0.15) is 12.0 Å². The lowest BCUT2D eigenvalue weighted by atomic mass is 10.1. The monoisotopic (exact) mass is 253 g/mol. The molecule has 0 aliphatic heterocycles. The zero-order valence-corrected chi connectivity index (χ0v) is 9.49. The van der Waals surface area contributed by atoms with E-state index in [0.717, 1.165) is 12.1 Å². The zero-order chi connectivity index (χ0) is 13.1. The van der Waals surface area contributed by atoms with Crippen LogP contribution in [0.15, 0.2) is 30.6 Å². The molecule has 0 unspecified atom stereocenters. The number of hydrogen-bond acceptors (Lipinski definition) is 3. The van der Waals surface area contributed by atoms with Gasteiger partial charge in [0.15, 0.2) is 0 Å². The van der Waals surface area contributed by atoms with E-state index in [2.05, 4.69) is 15.3 Å². The second kappa shape index (κ2) is 5.03. The predicted octanol–water partition coefficient (Wildman–Crippen LogP) is 3.26. The Labute approximate surface area is 102 Å². The van der Waals surface area contributed by atoms with Crippen molar-refractivity contribution in [3.05, 3.63) is 42.0 Å². The van der Waals surface area contributed by atoms with Crippen molar-refractivity contribution in [2.75, 3.05) is 12.4 Å². The lowest BCUT2D eigenvalue weighted by Gasteiger charge is -2.06. The summed E-state index contributed by atoms with van der Waals surface area (Å²) in [5.41, 5.74) is 0.171. The van der Waals surface area contributed by atoms with Crippen LogP contribution < -0.4 is 5.32 Å². The SMILES string of the molecule is CNc1cncc(-c2ccc(F)c(C(F)F)c2)n1. The number of anilines is 1. The zero-order valence-electron chi connectivity index (χ0n) is 9.49. The molecule has 1 heterocycles. The summed E-state index contributed by atoms with van der Waals surface area (Å²) in [5, 5.41) is 2.79. The minimum absolute atomic E-state index is 0.399. The highest BCUT2D eigenvalue weighted by Crippen LogP contribution is 2.27. The summed E-state index contributed by atoms with van der Waals surface area (Å²) in [6, 6.07) is 3.48. The molecule has 0 atom stereocenters. The molecule has 6 heteroatoms. The van der Waals surface area contributed by atoms with Gasteiger partial charge in [-0.1, -0.05) is 0 Å². The highest BCUT2D eigenvalue weighted by molar-refractivity contribution is 5.61. The van der Waals surface area contributed by atoms with Gasteiger partial charge >= 0.3 is 0 Å². The number of alkyl halides is 2. The molecular weight excluding hydrogens is 243 g/mol. The number of nitrogens with zero attached hydrogens (tertiary/aromatic N) is 2. The summed E-state index contributed by atoms with van der Waals surface area (Å²) >= 11 is 0. The van der Waals surface area contributed by atoms with Crippen molar-refractivity contribution in [3.63, 3.8) is 0 Å². The fraction of sp³-hybridized carbons (Fsp3) is 0.167. The third-order valence-corrected chi connectivity index (χ3v) is 2.42. The van der Waals surface area contributed by atoms with Gasteiger partial charge in [0.2, 0.25) is 0 Å². The second-order valence-electron chi connectivity index (χ2n) is 3.58. The number of benzene rings is 1. The normalized spacial score (nSPS) is 10.7. The van der Waals surface area contributed by atoms with Crippen molar-refractivity contribution < 1.29 is 13.2 Å². The summed E-state index contributed by atoms with van der Waals surface area (Å²) in [4.78, 5) is 8.07. The Kier molecular flexibility index (Phi) is 3.45. The average molecular weight is 253 g/mol. The highest BCUT2D eigenvalue weighted by Gasteiger charge is 2.14. The molecule has 0 amide bonds. The van der Waals surface area contributed by atoms with E-state index in [4.69, 9.17) is 0 Å². The maximum Gasteiger partial charge on any atom is 0.266 e. The van der Waals surface area contributed by atoms with Crippen molar-refractivity contribution in [1.82, 2.24) is 9.97 Å². The quantitative estimate of drug-likeness (QED) is 0.912. The smallest absolute Gasteiger partial charge is 0.266 e. The summed E-state index contributed by atoms with van der Waals surface area (Å²) in [5.74, 6) is -0.415.